The van der Waals surface area contributed by atoms with Gasteiger partial charge >= 0.3 is 6.61 Å². The Morgan fingerprint density at radius 3 is 2.28 bits per heavy atom. The van der Waals surface area contributed by atoms with Gasteiger partial charge in [-0.25, -0.2) is 8.42 Å². The lowest BCUT2D eigenvalue weighted by Crippen LogP contribution is -2.44. The molecule has 158 valence electrons. The van der Waals surface area contributed by atoms with Crippen molar-refractivity contribution in [2.45, 2.75) is 11.5 Å². The van der Waals surface area contributed by atoms with E-state index in [1.807, 2.05) is 0 Å². The van der Waals surface area contributed by atoms with Crippen LogP contribution in [0.4, 0.5) is 20.2 Å². The van der Waals surface area contributed by atoms with Crippen LogP contribution in [0.15, 0.2) is 47.4 Å². The fourth-order valence-corrected chi connectivity index (χ4v) is 4.11. The van der Waals surface area contributed by atoms with Crippen LogP contribution in [0.2, 0.25) is 0 Å². The molecule has 1 aliphatic rings. The highest BCUT2D eigenvalue weighted by Gasteiger charge is 2.20. The van der Waals surface area contributed by atoms with Gasteiger partial charge in [0.1, 0.15) is 11.5 Å². The molecule has 3 rings (SSSR count). The highest BCUT2D eigenvalue weighted by molar-refractivity contribution is 7.92. The van der Waals surface area contributed by atoms with E-state index in [2.05, 4.69) is 26.3 Å². The lowest BCUT2D eigenvalue weighted by atomic mass is 10.2. The molecular weight excluding hydrogens is 404 g/mol. The van der Waals surface area contributed by atoms with E-state index in [9.17, 15) is 17.2 Å². The topological polar surface area (TPSA) is 71.1 Å². The molecule has 10 heteroatoms. The molecule has 29 heavy (non-hydrogen) atoms. The number of nitrogens with one attached hydrogen (secondary N) is 1. The van der Waals surface area contributed by atoms with Crippen molar-refractivity contribution >= 4 is 21.4 Å². The number of benzene rings is 2. The van der Waals surface area contributed by atoms with Gasteiger partial charge in [-0.1, -0.05) is 0 Å². The number of methoxy groups -OCH3 is 1. The van der Waals surface area contributed by atoms with Crippen LogP contribution in [0.5, 0.6) is 11.5 Å². The van der Waals surface area contributed by atoms with Crippen molar-refractivity contribution in [2.75, 3.05) is 50.0 Å². The molecule has 7 nitrogen and oxygen atoms in total. The summed E-state index contributed by atoms with van der Waals surface area (Å²) >= 11 is 0. The molecule has 1 heterocycles. The zero-order valence-electron chi connectivity index (χ0n) is 16.1. The normalized spacial score (nSPS) is 15.4. The first-order chi connectivity index (χ1) is 13.8. The lowest BCUT2D eigenvalue weighted by molar-refractivity contribution is -0.0498. The maximum Gasteiger partial charge on any atom is 0.387 e. The SMILES string of the molecule is COc1ccc(NS(=O)(=O)c2ccc(OC(F)F)cc2)cc1N1CCN(C)CC1. The van der Waals surface area contributed by atoms with Gasteiger partial charge in [-0.3, -0.25) is 4.72 Å². The van der Waals surface area contributed by atoms with Crippen LogP contribution in [-0.2, 0) is 10.0 Å². The molecule has 0 unspecified atom stereocenters. The molecule has 1 fully saturated rings. The summed E-state index contributed by atoms with van der Waals surface area (Å²) in [5, 5.41) is 0. The fraction of sp³-hybridized carbons (Fsp3) is 0.368. The van der Waals surface area contributed by atoms with Gasteiger partial charge in [-0.2, -0.15) is 8.78 Å². The molecule has 0 bridgehead atoms. The van der Waals surface area contributed by atoms with E-state index in [0.29, 0.717) is 11.4 Å². The Hall–Kier alpha value is -2.59. The van der Waals surface area contributed by atoms with Crippen molar-refractivity contribution in [1.82, 2.24) is 4.90 Å². The Kier molecular flexibility index (Phi) is 6.43. The maximum atomic E-state index is 12.7. The average molecular weight is 427 g/mol. The largest absolute Gasteiger partial charge is 0.495 e. The van der Waals surface area contributed by atoms with Crippen LogP contribution in [0.3, 0.4) is 0 Å². The Labute approximate surface area is 168 Å². The van der Waals surface area contributed by atoms with E-state index < -0.39 is 16.6 Å². The third kappa shape index (κ3) is 5.27. The smallest absolute Gasteiger partial charge is 0.387 e. The predicted octanol–water partition coefficient (Wildman–Crippen LogP) is 2.85. The molecule has 0 amide bonds. The summed E-state index contributed by atoms with van der Waals surface area (Å²) in [5.41, 5.74) is 1.19. The molecule has 0 saturated carbocycles. The number of rotatable bonds is 7. The highest BCUT2D eigenvalue weighted by atomic mass is 32.2. The minimum Gasteiger partial charge on any atom is -0.495 e. The number of sulfonamides is 1. The van der Waals surface area contributed by atoms with Crippen LogP contribution in [-0.4, -0.2) is 60.3 Å². The first-order valence-electron chi connectivity index (χ1n) is 8.98. The van der Waals surface area contributed by atoms with Gasteiger partial charge in [0.15, 0.2) is 0 Å². The Morgan fingerprint density at radius 1 is 1.03 bits per heavy atom. The summed E-state index contributed by atoms with van der Waals surface area (Å²) in [6, 6.07) is 9.86. The van der Waals surface area contributed by atoms with Crippen molar-refractivity contribution in [3.05, 3.63) is 42.5 Å². The minimum atomic E-state index is -3.90. The average Bonchev–Trinajstić information content (AvgIpc) is 2.68. The summed E-state index contributed by atoms with van der Waals surface area (Å²) in [7, 11) is -0.271. The molecule has 1 N–H and O–H groups in total. The number of hydrogen-bond donors (Lipinski definition) is 1. The first-order valence-corrected chi connectivity index (χ1v) is 10.5. The van der Waals surface area contributed by atoms with E-state index in [4.69, 9.17) is 4.74 Å². The standard InChI is InChI=1S/C19H23F2N3O4S/c1-23-9-11-24(12-10-23)17-13-14(3-8-18(17)27-2)22-29(25,26)16-6-4-15(5-7-16)28-19(20)21/h3-8,13,19,22H,9-12H2,1-2H3. The molecule has 2 aromatic rings. The van der Waals surface area contributed by atoms with Crippen LogP contribution < -0.4 is 19.1 Å². The van der Waals surface area contributed by atoms with Crippen molar-refractivity contribution in [3.8, 4) is 11.5 Å². The van der Waals surface area contributed by atoms with Crippen LogP contribution in [0.1, 0.15) is 0 Å². The van der Waals surface area contributed by atoms with Crippen molar-refractivity contribution in [1.29, 1.82) is 0 Å². The zero-order valence-corrected chi connectivity index (χ0v) is 17.0. The third-order valence-corrected chi connectivity index (χ3v) is 6.03. The number of piperazine rings is 1. The minimum absolute atomic E-state index is 0.0592. The van der Waals surface area contributed by atoms with E-state index in [0.717, 1.165) is 31.9 Å². The lowest BCUT2D eigenvalue weighted by Gasteiger charge is -2.35. The molecule has 2 aromatic carbocycles. The van der Waals surface area contributed by atoms with Crippen LogP contribution >= 0.6 is 0 Å². The maximum absolute atomic E-state index is 12.7. The van der Waals surface area contributed by atoms with Crippen LogP contribution in [0.25, 0.3) is 0 Å². The van der Waals surface area contributed by atoms with E-state index >= 15 is 0 Å². The van der Waals surface area contributed by atoms with E-state index in [-0.39, 0.29) is 10.6 Å². The summed E-state index contributed by atoms with van der Waals surface area (Å²) < 4.78 is 62.0. The third-order valence-electron chi connectivity index (χ3n) is 4.63. The molecular formula is C19H23F2N3O4S. The molecule has 0 atom stereocenters. The van der Waals surface area contributed by atoms with Crippen molar-refractivity contribution < 1.29 is 26.7 Å². The van der Waals surface area contributed by atoms with Gasteiger partial charge < -0.3 is 19.3 Å². The second kappa shape index (κ2) is 8.83. The summed E-state index contributed by atoms with van der Waals surface area (Å²) in [6.45, 7) is 0.421. The quantitative estimate of drug-likeness (QED) is 0.733. The van der Waals surface area contributed by atoms with E-state index in [1.54, 1.807) is 25.3 Å². The number of halogens is 2. The van der Waals surface area contributed by atoms with Crippen molar-refractivity contribution in [3.63, 3.8) is 0 Å². The number of likely N-dealkylation sites (N-methyl/N-ethyl adjacent to an activating group) is 1. The summed E-state index contributed by atoms with van der Waals surface area (Å²) in [6.07, 6.45) is 0. The molecule has 0 aromatic heterocycles. The Morgan fingerprint density at radius 2 is 1.69 bits per heavy atom. The van der Waals surface area contributed by atoms with Crippen LogP contribution in [0, 0.1) is 0 Å². The number of hydrogen-bond acceptors (Lipinski definition) is 6. The zero-order chi connectivity index (χ0) is 21.0. The molecule has 0 radical (unpaired) electrons. The molecule has 1 saturated heterocycles. The number of ether oxygens (including phenoxy) is 2. The summed E-state index contributed by atoms with van der Waals surface area (Å²) in [5.74, 6) is 0.548. The van der Waals surface area contributed by atoms with Gasteiger partial charge in [0.05, 0.1) is 23.4 Å². The fourth-order valence-electron chi connectivity index (χ4n) is 3.06. The molecule has 1 aliphatic heterocycles. The first kappa shape index (κ1) is 21.1. The monoisotopic (exact) mass is 427 g/mol. The number of anilines is 2. The second-order valence-electron chi connectivity index (χ2n) is 6.63. The van der Waals surface area contributed by atoms with Gasteiger partial charge in [0, 0.05) is 26.2 Å². The van der Waals surface area contributed by atoms with Gasteiger partial charge in [0.25, 0.3) is 10.0 Å². The van der Waals surface area contributed by atoms with Gasteiger partial charge in [0.2, 0.25) is 0 Å². The van der Waals surface area contributed by atoms with Gasteiger partial charge in [-0.15, -0.1) is 0 Å². The van der Waals surface area contributed by atoms with Gasteiger partial charge in [-0.05, 0) is 49.5 Å². The van der Waals surface area contributed by atoms with Crippen molar-refractivity contribution in [2.24, 2.45) is 0 Å². The predicted molar refractivity (Wildman–Crippen MR) is 107 cm³/mol. The molecule has 0 aliphatic carbocycles. The Balaban J connectivity index is 1.80. The van der Waals surface area contributed by atoms with E-state index in [1.165, 1.54) is 24.3 Å². The molecule has 0 spiro atoms. The highest BCUT2D eigenvalue weighted by Crippen LogP contribution is 2.33. The number of alkyl halides is 2. The number of nitrogens with zero attached hydrogens (tertiary/aromatic N) is 2. The Bertz CT molecular complexity index is 931. The second-order valence-corrected chi connectivity index (χ2v) is 8.31. The summed E-state index contributed by atoms with van der Waals surface area (Å²) in [4.78, 5) is 4.31.